The molecule has 0 atom stereocenters. The first-order valence-corrected chi connectivity index (χ1v) is 13.1. The summed E-state index contributed by atoms with van der Waals surface area (Å²) in [6.07, 6.45) is 13.5. The smallest absolute Gasteiger partial charge is 0.138 e. The van der Waals surface area contributed by atoms with Crippen LogP contribution in [0, 0.1) is 0 Å². The van der Waals surface area contributed by atoms with Crippen molar-refractivity contribution in [1.29, 1.82) is 0 Å². The SMILES string of the molecule is CCCCCCCCCCCCOc1ccc(-c2ccc(-c3nc4ccccc4[nH]3)cc2)cc1. The van der Waals surface area contributed by atoms with Crippen LogP contribution in [0.4, 0.5) is 0 Å². The number of ether oxygens (including phenoxy) is 1. The minimum absolute atomic E-state index is 0.808. The van der Waals surface area contributed by atoms with Crippen LogP contribution in [0.25, 0.3) is 33.5 Å². The highest BCUT2D eigenvalue weighted by atomic mass is 16.5. The van der Waals surface area contributed by atoms with Crippen LogP contribution in [0.2, 0.25) is 0 Å². The Morgan fingerprint density at radius 1 is 0.618 bits per heavy atom. The van der Waals surface area contributed by atoms with Crippen LogP contribution in [-0.2, 0) is 0 Å². The molecule has 0 fully saturated rings. The van der Waals surface area contributed by atoms with E-state index in [4.69, 9.17) is 9.72 Å². The molecule has 178 valence electrons. The number of unbranched alkanes of at least 4 members (excludes halogenated alkanes) is 9. The van der Waals surface area contributed by atoms with Crippen molar-refractivity contribution in [2.45, 2.75) is 71.1 Å². The van der Waals surface area contributed by atoms with E-state index in [1.165, 1.54) is 68.9 Å². The van der Waals surface area contributed by atoms with Crippen LogP contribution in [-0.4, -0.2) is 16.6 Å². The molecule has 0 amide bonds. The summed E-state index contributed by atoms with van der Waals surface area (Å²) in [5, 5.41) is 0. The lowest BCUT2D eigenvalue weighted by atomic mass is 10.0. The second-order valence-corrected chi connectivity index (χ2v) is 9.23. The molecule has 0 aliphatic heterocycles. The number of hydrogen-bond acceptors (Lipinski definition) is 2. The van der Waals surface area contributed by atoms with Gasteiger partial charge in [-0.05, 0) is 41.8 Å². The second kappa shape index (κ2) is 13.0. The summed E-state index contributed by atoms with van der Waals surface area (Å²) in [5.41, 5.74) is 5.55. The van der Waals surface area contributed by atoms with Crippen LogP contribution in [0.1, 0.15) is 71.1 Å². The monoisotopic (exact) mass is 454 g/mol. The van der Waals surface area contributed by atoms with Crippen molar-refractivity contribution < 1.29 is 4.74 Å². The molecule has 4 rings (SSSR count). The van der Waals surface area contributed by atoms with E-state index in [0.29, 0.717) is 0 Å². The van der Waals surface area contributed by atoms with Gasteiger partial charge in [0.25, 0.3) is 0 Å². The molecule has 3 aromatic carbocycles. The van der Waals surface area contributed by atoms with Gasteiger partial charge in [0, 0.05) is 5.56 Å². The third kappa shape index (κ3) is 6.96. The number of aromatic amines is 1. The number of nitrogens with zero attached hydrogens (tertiary/aromatic N) is 1. The Morgan fingerprint density at radius 2 is 1.18 bits per heavy atom. The van der Waals surface area contributed by atoms with Crippen LogP contribution in [0.15, 0.2) is 72.8 Å². The summed E-state index contributed by atoms with van der Waals surface area (Å²) in [7, 11) is 0. The van der Waals surface area contributed by atoms with E-state index in [0.717, 1.165) is 41.2 Å². The Kier molecular flexibility index (Phi) is 9.19. The molecule has 3 nitrogen and oxygen atoms in total. The maximum absolute atomic E-state index is 5.96. The van der Waals surface area contributed by atoms with Crippen molar-refractivity contribution in [2.75, 3.05) is 6.61 Å². The number of benzene rings is 3. The van der Waals surface area contributed by atoms with Crippen molar-refractivity contribution in [3.05, 3.63) is 72.8 Å². The average Bonchev–Trinajstić information content (AvgIpc) is 3.32. The topological polar surface area (TPSA) is 37.9 Å². The molecular weight excluding hydrogens is 416 g/mol. The molecule has 1 aromatic heterocycles. The molecule has 4 aromatic rings. The first-order chi connectivity index (χ1) is 16.8. The number of fused-ring (bicyclic) bond motifs is 1. The zero-order chi connectivity index (χ0) is 23.4. The van der Waals surface area contributed by atoms with Crippen molar-refractivity contribution in [3.63, 3.8) is 0 Å². The van der Waals surface area contributed by atoms with Gasteiger partial charge < -0.3 is 9.72 Å². The van der Waals surface area contributed by atoms with Gasteiger partial charge in [0.05, 0.1) is 17.6 Å². The Hall–Kier alpha value is -3.07. The van der Waals surface area contributed by atoms with Gasteiger partial charge in [0.1, 0.15) is 11.6 Å². The molecule has 0 aliphatic rings. The Bertz CT molecular complexity index is 1080. The lowest BCUT2D eigenvalue weighted by Crippen LogP contribution is -1.97. The molecule has 0 radical (unpaired) electrons. The molecule has 0 saturated carbocycles. The summed E-state index contributed by atoms with van der Waals surface area (Å²) in [5.74, 6) is 1.86. The molecule has 1 N–H and O–H groups in total. The van der Waals surface area contributed by atoms with Crippen molar-refractivity contribution in [2.24, 2.45) is 0 Å². The lowest BCUT2D eigenvalue weighted by molar-refractivity contribution is 0.304. The number of rotatable bonds is 14. The molecule has 0 bridgehead atoms. The zero-order valence-electron chi connectivity index (χ0n) is 20.6. The van der Waals surface area contributed by atoms with Gasteiger partial charge in [-0.2, -0.15) is 0 Å². The van der Waals surface area contributed by atoms with Gasteiger partial charge in [-0.25, -0.2) is 4.98 Å². The van der Waals surface area contributed by atoms with Gasteiger partial charge in [0.2, 0.25) is 0 Å². The molecule has 1 heterocycles. The van der Waals surface area contributed by atoms with E-state index in [1.54, 1.807) is 0 Å². The number of aromatic nitrogens is 2. The van der Waals surface area contributed by atoms with Gasteiger partial charge >= 0.3 is 0 Å². The molecule has 0 saturated heterocycles. The molecule has 34 heavy (non-hydrogen) atoms. The summed E-state index contributed by atoms with van der Waals surface area (Å²) in [4.78, 5) is 8.09. The standard InChI is InChI=1S/C31H38N2O/c1-2-3-4-5-6-7-8-9-10-13-24-34-28-22-20-26(21-23-28)25-16-18-27(19-17-25)31-32-29-14-11-12-15-30(29)33-31/h11-12,14-23H,2-10,13,24H2,1H3,(H,32,33). The van der Waals surface area contributed by atoms with E-state index in [-0.39, 0.29) is 0 Å². The molecule has 0 unspecified atom stereocenters. The van der Waals surface area contributed by atoms with Crippen molar-refractivity contribution >= 4 is 11.0 Å². The van der Waals surface area contributed by atoms with Crippen molar-refractivity contribution in [3.8, 4) is 28.3 Å². The second-order valence-electron chi connectivity index (χ2n) is 9.23. The normalized spacial score (nSPS) is 11.2. The van der Waals surface area contributed by atoms with E-state index in [9.17, 15) is 0 Å². The summed E-state index contributed by atoms with van der Waals surface area (Å²) >= 11 is 0. The average molecular weight is 455 g/mol. The summed E-state index contributed by atoms with van der Waals surface area (Å²) in [6, 6.07) is 25.1. The summed E-state index contributed by atoms with van der Waals surface area (Å²) in [6.45, 7) is 3.08. The molecule has 0 spiro atoms. The van der Waals surface area contributed by atoms with Crippen LogP contribution >= 0.6 is 0 Å². The Balaban J connectivity index is 1.18. The highest BCUT2D eigenvalue weighted by Gasteiger charge is 2.06. The first kappa shape index (κ1) is 24.1. The fourth-order valence-corrected chi connectivity index (χ4v) is 4.43. The van der Waals surface area contributed by atoms with Crippen molar-refractivity contribution in [1.82, 2.24) is 9.97 Å². The van der Waals surface area contributed by atoms with Crippen LogP contribution in [0.5, 0.6) is 5.75 Å². The molecular formula is C31H38N2O. The predicted octanol–water partition coefficient (Wildman–Crippen LogP) is 9.20. The predicted molar refractivity (Wildman–Crippen MR) is 144 cm³/mol. The van der Waals surface area contributed by atoms with E-state index < -0.39 is 0 Å². The quantitative estimate of drug-likeness (QED) is 0.193. The van der Waals surface area contributed by atoms with Gasteiger partial charge in [-0.3, -0.25) is 0 Å². The van der Waals surface area contributed by atoms with Gasteiger partial charge in [-0.15, -0.1) is 0 Å². The fraction of sp³-hybridized carbons (Fsp3) is 0.387. The fourth-order valence-electron chi connectivity index (χ4n) is 4.43. The van der Waals surface area contributed by atoms with Gasteiger partial charge in [-0.1, -0.05) is 113 Å². The zero-order valence-corrected chi connectivity index (χ0v) is 20.6. The number of nitrogens with one attached hydrogen (secondary N) is 1. The Labute approximate surface area is 204 Å². The van der Waals surface area contributed by atoms with Gasteiger partial charge in [0.15, 0.2) is 0 Å². The highest BCUT2D eigenvalue weighted by molar-refractivity contribution is 5.79. The number of imidazole rings is 1. The first-order valence-electron chi connectivity index (χ1n) is 13.1. The number of H-pyrrole nitrogens is 1. The third-order valence-electron chi connectivity index (χ3n) is 6.50. The Morgan fingerprint density at radius 3 is 1.82 bits per heavy atom. The lowest BCUT2D eigenvalue weighted by Gasteiger charge is -2.08. The minimum atomic E-state index is 0.808. The maximum Gasteiger partial charge on any atom is 0.138 e. The van der Waals surface area contributed by atoms with E-state index >= 15 is 0 Å². The largest absolute Gasteiger partial charge is 0.494 e. The van der Waals surface area contributed by atoms with E-state index in [1.807, 2.05) is 18.2 Å². The van der Waals surface area contributed by atoms with Crippen LogP contribution < -0.4 is 4.74 Å². The number of para-hydroxylation sites is 2. The van der Waals surface area contributed by atoms with E-state index in [2.05, 4.69) is 66.5 Å². The summed E-state index contributed by atoms with van der Waals surface area (Å²) < 4.78 is 5.96. The highest BCUT2D eigenvalue weighted by Crippen LogP contribution is 2.26. The minimum Gasteiger partial charge on any atom is -0.494 e. The maximum atomic E-state index is 5.96. The molecule has 0 aliphatic carbocycles. The number of hydrogen-bond donors (Lipinski definition) is 1. The molecule has 3 heteroatoms. The van der Waals surface area contributed by atoms with Crippen LogP contribution in [0.3, 0.4) is 0 Å². The third-order valence-corrected chi connectivity index (χ3v) is 6.50.